The molecule has 1 fully saturated rings. The summed E-state index contributed by atoms with van der Waals surface area (Å²) >= 11 is 5.95. The number of hydrogen-bond donors (Lipinski definition) is 1. The molecule has 1 atom stereocenters. The molecule has 30 heavy (non-hydrogen) atoms. The maximum absolute atomic E-state index is 13.1. The Morgan fingerprint density at radius 1 is 1.03 bits per heavy atom. The van der Waals surface area contributed by atoms with Gasteiger partial charge < -0.3 is 5.11 Å². The lowest BCUT2D eigenvalue weighted by Crippen LogP contribution is -2.30. The topological polar surface area (TPSA) is 70.5 Å². The van der Waals surface area contributed by atoms with Gasteiger partial charge in [0.1, 0.15) is 11.8 Å². The molecule has 2 aromatic carbocycles. The van der Waals surface area contributed by atoms with Crippen molar-refractivity contribution in [3.8, 4) is 0 Å². The largest absolute Gasteiger partial charge is 0.507 e. The van der Waals surface area contributed by atoms with E-state index >= 15 is 0 Å². The number of amides is 1. The number of hydrogen-bond acceptors (Lipinski definition) is 4. The second-order valence-corrected chi connectivity index (χ2v) is 7.66. The molecule has 0 bridgehead atoms. The van der Waals surface area contributed by atoms with Crippen molar-refractivity contribution in [1.29, 1.82) is 0 Å². The van der Waals surface area contributed by atoms with E-state index in [1.54, 1.807) is 48.7 Å². The Hall–Kier alpha value is -3.44. The lowest BCUT2D eigenvalue weighted by Gasteiger charge is -2.26. The van der Waals surface area contributed by atoms with E-state index in [-0.39, 0.29) is 11.3 Å². The van der Waals surface area contributed by atoms with Gasteiger partial charge in [-0.05, 0) is 67.4 Å². The molecular formula is C24H19ClN2O3. The van der Waals surface area contributed by atoms with Gasteiger partial charge in [-0.15, -0.1) is 0 Å². The second kappa shape index (κ2) is 7.76. The van der Waals surface area contributed by atoms with Crippen LogP contribution in [0.25, 0.3) is 5.76 Å². The van der Waals surface area contributed by atoms with Crippen molar-refractivity contribution in [2.24, 2.45) is 0 Å². The summed E-state index contributed by atoms with van der Waals surface area (Å²) in [5.74, 6) is -1.71. The number of aromatic nitrogens is 1. The number of halogens is 1. The maximum Gasteiger partial charge on any atom is 0.300 e. The molecule has 0 spiro atoms. The summed E-state index contributed by atoms with van der Waals surface area (Å²) in [6.07, 6.45) is 1.60. The predicted molar refractivity (Wildman–Crippen MR) is 116 cm³/mol. The lowest BCUT2D eigenvalue weighted by atomic mass is 9.98. The normalized spacial score (nSPS) is 18.1. The fraction of sp³-hybridized carbons (Fsp3) is 0.125. The summed E-state index contributed by atoms with van der Waals surface area (Å²) in [6, 6.07) is 16.6. The van der Waals surface area contributed by atoms with Gasteiger partial charge in [-0.1, -0.05) is 29.8 Å². The Labute approximate surface area is 179 Å². The summed E-state index contributed by atoms with van der Waals surface area (Å²) in [7, 11) is 0. The number of carbonyl (C=O) groups excluding carboxylic acids is 2. The average molecular weight is 419 g/mol. The third-order valence-electron chi connectivity index (χ3n) is 5.15. The molecule has 150 valence electrons. The molecule has 0 saturated carbocycles. The molecule has 3 aromatic rings. The van der Waals surface area contributed by atoms with Crippen LogP contribution in [0.4, 0.5) is 5.69 Å². The zero-order valence-electron chi connectivity index (χ0n) is 16.5. The third kappa shape index (κ3) is 3.37. The zero-order valence-corrected chi connectivity index (χ0v) is 17.2. The molecule has 1 aliphatic rings. The molecule has 1 N–H and O–H groups in total. The summed E-state index contributed by atoms with van der Waals surface area (Å²) in [5, 5.41) is 11.5. The predicted octanol–water partition coefficient (Wildman–Crippen LogP) is 4.98. The second-order valence-electron chi connectivity index (χ2n) is 7.22. The third-order valence-corrected chi connectivity index (χ3v) is 5.41. The zero-order chi connectivity index (χ0) is 21.4. The van der Waals surface area contributed by atoms with Crippen LogP contribution in [0.15, 0.2) is 72.4 Å². The van der Waals surface area contributed by atoms with Crippen molar-refractivity contribution in [3.05, 3.63) is 99.8 Å². The van der Waals surface area contributed by atoms with E-state index in [0.29, 0.717) is 22.0 Å². The monoisotopic (exact) mass is 418 g/mol. The number of aliphatic hydroxyl groups is 1. The molecule has 0 aliphatic carbocycles. The number of pyridine rings is 1. The Morgan fingerprint density at radius 3 is 2.43 bits per heavy atom. The van der Waals surface area contributed by atoms with Crippen LogP contribution < -0.4 is 4.90 Å². The molecule has 1 unspecified atom stereocenters. The van der Waals surface area contributed by atoms with Crippen molar-refractivity contribution < 1.29 is 14.7 Å². The number of Topliss-reactive ketones (excluding diaryl/α,β-unsaturated/α-hetero) is 1. The van der Waals surface area contributed by atoms with Gasteiger partial charge in [-0.25, -0.2) is 0 Å². The van der Waals surface area contributed by atoms with Crippen molar-refractivity contribution in [2.75, 3.05) is 4.90 Å². The highest BCUT2D eigenvalue weighted by molar-refractivity contribution is 6.51. The maximum atomic E-state index is 13.1. The van der Waals surface area contributed by atoms with Crippen LogP contribution in [-0.2, 0) is 9.59 Å². The SMILES string of the molecule is Cc1ccc(C)c(N2C(=O)C(=O)/C(=C(/O)c3ccc(Cl)cc3)C2c2ccccn2)c1. The van der Waals surface area contributed by atoms with Crippen molar-refractivity contribution in [2.45, 2.75) is 19.9 Å². The van der Waals surface area contributed by atoms with Crippen molar-refractivity contribution in [3.63, 3.8) is 0 Å². The summed E-state index contributed by atoms with van der Waals surface area (Å²) in [6.45, 7) is 3.80. The minimum atomic E-state index is -0.845. The highest BCUT2D eigenvalue weighted by atomic mass is 35.5. The van der Waals surface area contributed by atoms with Crippen LogP contribution in [0.1, 0.15) is 28.4 Å². The van der Waals surface area contributed by atoms with Gasteiger partial charge in [0.05, 0.1) is 11.3 Å². The molecule has 1 aliphatic heterocycles. The van der Waals surface area contributed by atoms with Crippen LogP contribution in [-0.4, -0.2) is 21.8 Å². The first-order chi connectivity index (χ1) is 14.4. The Kier molecular flexibility index (Phi) is 5.14. The molecular weight excluding hydrogens is 400 g/mol. The van der Waals surface area contributed by atoms with Gasteiger partial charge in [0.15, 0.2) is 0 Å². The molecule has 4 rings (SSSR count). The summed E-state index contributed by atoms with van der Waals surface area (Å²) in [4.78, 5) is 32.0. The molecule has 2 heterocycles. The number of carbonyl (C=O) groups is 2. The smallest absolute Gasteiger partial charge is 0.300 e. The van der Waals surface area contributed by atoms with Crippen molar-refractivity contribution in [1.82, 2.24) is 4.98 Å². The molecule has 1 aromatic heterocycles. The fourth-order valence-electron chi connectivity index (χ4n) is 3.64. The standard InChI is InChI=1S/C24H19ClN2O3/c1-14-6-7-15(2)19(13-14)27-21(18-5-3-4-12-26-18)20(23(29)24(27)30)22(28)16-8-10-17(25)11-9-16/h3-13,21,28H,1-2H3/b22-20+. The van der Waals surface area contributed by atoms with E-state index in [1.807, 2.05) is 32.0 Å². The highest BCUT2D eigenvalue weighted by Gasteiger charge is 2.48. The minimum absolute atomic E-state index is 0.00179. The Bertz CT molecular complexity index is 1170. The molecule has 0 radical (unpaired) electrons. The highest BCUT2D eigenvalue weighted by Crippen LogP contribution is 2.42. The van der Waals surface area contributed by atoms with Crippen LogP contribution >= 0.6 is 11.6 Å². The van der Waals surface area contributed by atoms with Gasteiger partial charge in [0.2, 0.25) is 0 Å². The van der Waals surface area contributed by atoms with E-state index in [9.17, 15) is 14.7 Å². The van der Waals surface area contributed by atoms with E-state index in [1.165, 1.54) is 4.90 Å². The number of anilines is 1. The lowest BCUT2D eigenvalue weighted by molar-refractivity contribution is -0.132. The van der Waals surface area contributed by atoms with Crippen LogP contribution in [0.3, 0.4) is 0 Å². The number of ketones is 1. The van der Waals surface area contributed by atoms with E-state index < -0.39 is 17.7 Å². The van der Waals surface area contributed by atoms with E-state index in [0.717, 1.165) is 11.1 Å². The van der Waals surface area contributed by atoms with Gasteiger partial charge in [0, 0.05) is 22.5 Å². The van der Waals surface area contributed by atoms with Gasteiger partial charge in [-0.3, -0.25) is 19.5 Å². The molecule has 5 nitrogen and oxygen atoms in total. The fourth-order valence-corrected chi connectivity index (χ4v) is 3.77. The van der Waals surface area contributed by atoms with Crippen LogP contribution in [0.2, 0.25) is 5.02 Å². The quantitative estimate of drug-likeness (QED) is 0.370. The first kappa shape index (κ1) is 19.9. The van der Waals surface area contributed by atoms with E-state index in [2.05, 4.69) is 4.98 Å². The Balaban J connectivity index is 1.97. The van der Waals surface area contributed by atoms with Gasteiger partial charge in [-0.2, -0.15) is 0 Å². The number of aryl methyl sites for hydroxylation is 2. The minimum Gasteiger partial charge on any atom is -0.507 e. The average Bonchev–Trinajstić information content (AvgIpc) is 3.01. The first-order valence-corrected chi connectivity index (χ1v) is 9.81. The number of nitrogens with zero attached hydrogens (tertiary/aromatic N) is 2. The summed E-state index contributed by atoms with van der Waals surface area (Å²) in [5.41, 5.74) is 3.31. The summed E-state index contributed by atoms with van der Waals surface area (Å²) < 4.78 is 0. The molecule has 6 heteroatoms. The molecule has 1 saturated heterocycles. The number of benzene rings is 2. The van der Waals surface area contributed by atoms with Crippen molar-refractivity contribution >= 4 is 34.7 Å². The van der Waals surface area contributed by atoms with Gasteiger partial charge in [0.25, 0.3) is 11.7 Å². The van der Waals surface area contributed by atoms with Crippen LogP contribution in [0.5, 0.6) is 0 Å². The molecule has 1 amide bonds. The van der Waals surface area contributed by atoms with E-state index in [4.69, 9.17) is 11.6 Å². The number of aliphatic hydroxyl groups excluding tert-OH is 1. The first-order valence-electron chi connectivity index (χ1n) is 9.43. The Morgan fingerprint density at radius 2 is 1.77 bits per heavy atom. The number of rotatable bonds is 3. The van der Waals surface area contributed by atoms with Crippen LogP contribution in [0, 0.1) is 13.8 Å². The van der Waals surface area contributed by atoms with Gasteiger partial charge >= 0.3 is 0 Å².